The van der Waals surface area contributed by atoms with Crippen molar-refractivity contribution in [2.24, 2.45) is 5.92 Å². The monoisotopic (exact) mass is 333 g/mol. The summed E-state index contributed by atoms with van der Waals surface area (Å²) in [5.41, 5.74) is 1.10. The summed E-state index contributed by atoms with van der Waals surface area (Å²) in [4.78, 5) is 24.9. The molecule has 132 valence electrons. The van der Waals surface area contributed by atoms with E-state index in [1.807, 2.05) is 36.1 Å². The first-order valence-electron chi connectivity index (χ1n) is 8.74. The second-order valence-corrected chi connectivity index (χ2v) is 6.50. The number of aliphatic carboxylic acids is 1. The molecular weight excluding hydrogens is 306 g/mol. The number of amides is 1. The average Bonchev–Trinajstić information content (AvgIpc) is 2.58. The van der Waals surface area contributed by atoms with Gasteiger partial charge in [0.2, 0.25) is 5.91 Å². The van der Waals surface area contributed by atoms with Gasteiger partial charge < -0.3 is 14.7 Å². The molecule has 0 unspecified atom stereocenters. The van der Waals surface area contributed by atoms with Crippen LogP contribution in [0.15, 0.2) is 24.3 Å². The van der Waals surface area contributed by atoms with Crippen molar-refractivity contribution in [3.63, 3.8) is 0 Å². The highest BCUT2D eigenvalue weighted by molar-refractivity contribution is 5.76. The van der Waals surface area contributed by atoms with Crippen LogP contribution in [0.4, 0.5) is 0 Å². The van der Waals surface area contributed by atoms with E-state index in [0.29, 0.717) is 38.3 Å². The fourth-order valence-corrected chi connectivity index (χ4v) is 3.14. The summed E-state index contributed by atoms with van der Waals surface area (Å²) >= 11 is 0. The number of benzene rings is 1. The summed E-state index contributed by atoms with van der Waals surface area (Å²) in [6.45, 7) is 4.03. The van der Waals surface area contributed by atoms with Crippen molar-refractivity contribution in [1.29, 1.82) is 0 Å². The van der Waals surface area contributed by atoms with Crippen molar-refractivity contribution in [3.05, 3.63) is 29.8 Å². The summed E-state index contributed by atoms with van der Waals surface area (Å²) in [5.74, 6) is 0.592. The first kappa shape index (κ1) is 18.3. The molecule has 0 saturated carbocycles. The van der Waals surface area contributed by atoms with Crippen molar-refractivity contribution >= 4 is 11.9 Å². The maximum absolute atomic E-state index is 12.3. The van der Waals surface area contributed by atoms with E-state index in [2.05, 4.69) is 0 Å². The highest BCUT2D eigenvalue weighted by atomic mass is 16.5. The smallest absolute Gasteiger partial charge is 0.303 e. The van der Waals surface area contributed by atoms with Crippen molar-refractivity contribution in [1.82, 2.24) is 4.90 Å². The first-order chi connectivity index (χ1) is 11.6. The predicted octanol–water partition coefficient (Wildman–Crippen LogP) is 3.26. The number of rotatable bonds is 8. The molecule has 2 rings (SSSR count). The number of carbonyl (C=O) groups excluding carboxylic acids is 1. The van der Waals surface area contributed by atoms with Gasteiger partial charge in [-0.05, 0) is 50.2 Å². The van der Waals surface area contributed by atoms with Crippen LogP contribution in [-0.2, 0) is 9.59 Å². The number of piperidine rings is 1. The fourth-order valence-electron chi connectivity index (χ4n) is 3.14. The molecule has 1 aromatic rings. The lowest BCUT2D eigenvalue weighted by Crippen LogP contribution is -2.40. The van der Waals surface area contributed by atoms with Gasteiger partial charge in [-0.15, -0.1) is 0 Å². The Kier molecular flexibility index (Phi) is 7.09. The van der Waals surface area contributed by atoms with Gasteiger partial charge in [0.15, 0.2) is 0 Å². The van der Waals surface area contributed by atoms with Crippen LogP contribution in [0.3, 0.4) is 0 Å². The number of para-hydroxylation sites is 1. The van der Waals surface area contributed by atoms with Crippen LogP contribution in [-0.4, -0.2) is 41.6 Å². The van der Waals surface area contributed by atoms with E-state index in [9.17, 15) is 9.59 Å². The van der Waals surface area contributed by atoms with Gasteiger partial charge in [0.05, 0.1) is 6.61 Å². The summed E-state index contributed by atoms with van der Waals surface area (Å²) in [6, 6.07) is 7.86. The number of carboxylic acid groups (broad SMARTS) is 1. The number of nitrogens with zero attached hydrogens (tertiary/aromatic N) is 1. The van der Waals surface area contributed by atoms with E-state index in [1.54, 1.807) is 0 Å². The number of ether oxygens (including phenoxy) is 1. The van der Waals surface area contributed by atoms with E-state index < -0.39 is 5.97 Å². The molecular formula is C19H27NO4. The Balaban J connectivity index is 1.68. The molecule has 5 heteroatoms. The van der Waals surface area contributed by atoms with Crippen LogP contribution in [0, 0.1) is 12.8 Å². The van der Waals surface area contributed by atoms with Crippen molar-refractivity contribution in [3.8, 4) is 5.75 Å². The zero-order valence-corrected chi connectivity index (χ0v) is 14.4. The SMILES string of the molecule is Cc1ccccc1OCCCC(=O)N1CCC[C@@H](CCC(=O)O)C1. The zero-order valence-electron chi connectivity index (χ0n) is 14.4. The van der Waals surface area contributed by atoms with Gasteiger partial charge in [0.25, 0.3) is 0 Å². The van der Waals surface area contributed by atoms with Crippen LogP contribution >= 0.6 is 0 Å². The molecule has 0 aliphatic carbocycles. The lowest BCUT2D eigenvalue weighted by Gasteiger charge is -2.32. The molecule has 1 amide bonds. The molecule has 1 fully saturated rings. The number of likely N-dealkylation sites (tertiary alicyclic amines) is 1. The minimum Gasteiger partial charge on any atom is -0.493 e. The topological polar surface area (TPSA) is 66.8 Å². The molecule has 1 aromatic carbocycles. The van der Waals surface area contributed by atoms with Crippen molar-refractivity contribution < 1.29 is 19.4 Å². The maximum atomic E-state index is 12.3. The second kappa shape index (κ2) is 9.30. The normalized spacial score (nSPS) is 17.5. The molecule has 24 heavy (non-hydrogen) atoms. The van der Waals surface area contributed by atoms with E-state index in [1.165, 1.54) is 0 Å². The third kappa shape index (κ3) is 5.87. The largest absolute Gasteiger partial charge is 0.493 e. The fraction of sp³-hybridized carbons (Fsp3) is 0.579. The summed E-state index contributed by atoms with van der Waals surface area (Å²) < 4.78 is 5.72. The van der Waals surface area contributed by atoms with E-state index in [0.717, 1.165) is 30.7 Å². The van der Waals surface area contributed by atoms with Gasteiger partial charge in [-0.1, -0.05) is 18.2 Å². The van der Waals surface area contributed by atoms with Gasteiger partial charge in [0, 0.05) is 25.9 Å². The molecule has 0 aromatic heterocycles. The highest BCUT2D eigenvalue weighted by Gasteiger charge is 2.23. The van der Waals surface area contributed by atoms with Crippen LogP contribution in [0.1, 0.15) is 44.1 Å². The summed E-state index contributed by atoms with van der Waals surface area (Å²) in [6.07, 6.45) is 4.02. The number of hydrogen-bond donors (Lipinski definition) is 1. The molecule has 1 saturated heterocycles. The summed E-state index contributed by atoms with van der Waals surface area (Å²) in [5, 5.41) is 8.78. The number of carbonyl (C=O) groups is 2. The van der Waals surface area contributed by atoms with Crippen molar-refractivity contribution in [2.75, 3.05) is 19.7 Å². The molecule has 1 aliphatic heterocycles. The molecule has 0 spiro atoms. The minimum atomic E-state index is -0.758. The molecule has 1 atom stereocenters. The van der Waals surface area contributed by atoms with Crippen LogP contribution in [0.2, 0.25) is 0 Å². The average molecular weight is 333 g/mol. The van der Waals surface area contributed by atoms with E-state index in [4.69, 9.17) is 9.84 Å². The molecule has 0 bridgehead atoms. The third-order valence-electron chi connectivity index (χ3n) is 4.52. The molecule has 1 heterocycles. The Morgan fingerprint density at radius 3 is 2.83 bits per heavy atom. The second-order valence-electron chi connectivity index (χ2n) is 6.50. The Hall–Kier alpha value is -2.04. The minimum absolute atomic E-state index is 0.156. The predicted molar refractivity (Wildman–Crippen MR) is 92.1 cm³/mol. The summed E-state index contributed by atoms with van der Waals surface area (Å²) in [7, 11) is 0. The van der Waals surface area contributed by atoms with Gasteiger partial charge in [-0.2, -0.15) is 0 Å². The van der Waals surface area contributed by atoms with Crippen LogP contribution < -0.4 is 4.74 Å². The molecule has 1 N–H and O–H groups in total. The highest BCUT2D eigenvalue weighted by Crippen LogP contribution is 2.22. The van der Waals surface area contributed by atoms with E-state index >= 15 is 0 Å². The Labute approximate surface area is 143 Å². The number of carboxylic acids is 1. The Morgan fingerprint density at radius 2 is 2.08 bits per heavy atom. The van der Waals surface area contributed by atoms with Gasteiger partial charge in [-0.25, -0.2) is 0 Å². The standard InChI is InChI=1S/C19H27NO4/c1-15-6-2-3-8-17(15)24-13-5-9-18(21)20-12-4-7-16(14-20)10-11-19(22)23/h2-3,6,8,16H,4-5,7,9-14H2,1H3,(H,22,23)/t16-/m0/s1. The van der Waals surface area contributed by atoms with Gasteiger partial charge in [-0.3, -0.25) is 9.59 Å². The van der Waals surface area contributed by atoms with Gasteiger partial charge in [0.1, 0.15) is 5.75 Å². The van der Waals surface area contributed by atoms with Gasteiger partial charge >= 0.3 is 5.97 Å². The van der Waals surface area contributed by atoms with Crippen LogP contribution in [0.5, 0.6) is 5.75 Å². The van der Waals surface area contributed by atoms with Crippen LogP contribution in [0.25, 0.3) is 0 Å². The molecule has 5 nitrogen and oxygen atoms in total. The molecule has 0 radical (unpaired) electrons. The maximum Gasteiger partial charge on any atom is 0.303 e. The lowest BCUT2D eigenvalue weighted by atomic mass is 9.93. The third-order valence-corrected chi connectivity index (χ3v) is 4.52. The first-order valence-corrected chi connectivity index (χ1v) is 8.74. The quantitative estimate of drug-likeness (QED) is 0.742. The number of aryl methyl sites for hydroxylation is 1. The Bertz CT molecular complexity index is 558. The zero-order chi connectivity index (χ0) is 17.4. The van der Waals surface area contributed by atoms with Crippen molar-refractivity contribution in [2.45, 2.75) is 45.4 Å². The number of hydrogen-bond acceptors (Lipinski definition) is 3. The molecule has 1 aliphatic rings. The van der Waals surface area contributed by atoms with E-state index in [-0.39, 0.29) is 12.3 Å². The lowest BCUT2D eigenvalue weighted by molar-refractivity contribution is -0.137. The Morgan fingerprint density at radius 1 is 1.29 bits per heavy atom.